The van der Waals surface area contributed by atoms with Gasteiger partial charge in [0.1, 0.15) is 4.60 Å². The van der Waals surface area contributed by atoms with Crippen molar-refractivity contribution in [3.05, 3.63) is 44.8 Å². The number of hydrogen-bond acceptors (Lipinski definition) is 3. The van der Waals surface area contributed by atoms with Crippen molar-refractivity contribution in [1.82, 2.24) is 4.98 Å². The summed E-state index contributed by atoms with van der Waals surface area (Å²) in [6, 6.07) is 8.02. The van der Waals surface area contributed by atoms with Crippen LogP contribution in [-0.4, -0.2) is 4.98 Å². The second-order valence-electron chi connectivity index (χ2n) is 3.40. The lowest BCUT2D eigenvalue weighted by molar-refractivity contribution is 0.881. The van der Waals surface area contributed by atoms with Crippen LogP contribution < -0.4 is 5.32 Å². The van der Waals surface area contributed by atoms with Crippen LogP contribution >= 0.6 is 38.9 Å². The van der Waals surface area contributed by atoms with E-state index >= 15 is 0 Å². The Morgan fingerprint density at radius 1 is 1.50 bits per heavy atom. The van der Waals surface area contributed by atoms with Crippen LogP contribution in [0.3, 0.4) is 0 Å². The van der Waals surface area contributed by atoms with Crippen LogP contribution in [-0.2, 0) is 0 Å². The lowest BCUT2D eigenvalue weighted by atomic mass is 10.1. The predicted molar refractivity (Wildman–Crippen MR) is 73.3 cm³/mol. The second-order valence-corrected chi connectivity index (χ2v) is 5.50. The van der Waals surface area contributed by atoms with Crippen LogP contribution in [0.15, 0.2) is 34.2 Å². The summed E-state index contributed by atoms with van der Waals surface area (Å²) in [4.78, 5) is 4.29. The number of anilines is 1. The van der Waals surface area contributed by atoms with Crippen molar-refractivity contribution in [1.29, 1.82) is 0 Å². The standard InChI is InChI=1S/C11H10BrClN2S/c1-7(8-3-2-4-9(13)5-8)14-11-15-10(12)6-16-11/h2-7H,1H3,(H,14,15). The number of nitrogens with zero attached hydrogens (tertiary/aromatic N) is 1. The Morgan fingerprint density at radius 3 is 2.94 bits per heavy atom. The SMILES string of the molecule is CC(Nc1nc(Br)cs1)c1cccc(Cl)c1. The van der Waals surface area contributed by atoms with Gasteiger partial charge in [0.05, 0.1) is 6.04 Å². The Hall–Kier alpha value is -0.580. The first kappa shape index (κ1) is 11.9. The van der Waals surface area contributed by atoms with Crippen LogP contribution in [0.5, 0.6) is 0 Å². The highest BCUT2D eigenvalue weighted by Gasteiger charge is 2.07. The number of benzene rings is 1. The molecule has 0 aliphatic rings. The number of hydrogen-bond donors (Lipinski definition) is 1. The van der Waals surface area contributed by atoms with Gasteiger partial charge >= 0.3 is 0 Å². The van der Waals surface area contributed by atoms with Crippen molar-refractivity contribution >= 4 is 44.0 Å². The Labute approximate surface area is 112 Å². The zero-order valence-corrected chi connectivity index (χ0v) is 11.7. The molecule has 0 spiro atoms. The molecule has 1 heterocycles. The van der Waals surface area contributed by atoms with Crippen LogP contribution in [0.25, 0.3) is 0 Å². The molecule has 1 atom stereocenters. The minimum Gasteiger partial charge on any atom is -0.355 e. The lowest BCUT2D eigenvalue weighted by Crippen LogP contribution is -2.05. The molecule has 0 aliphatic heterocycles. The molecule has 2 aromatic rings. The smallest absolute Gasteiger partial charge is 0.184 e. The highest BCUT2D eigenvalue weighted by molar-refractivity contribution is 9.10. The summed E-state index contributed by atoms with van der Waals surface area (Å²) in [5.74, 6) is 0. The van der Waals surface area contributed by atoms with E-state index in [-0.39, 0.29) is 6.04 Å². The molecule has 0 radical (unpaired) electrons. The number of nitrogens with one attached hydrogen (secondary N) is 1. The number of rotatable bonds is 3. The van der Waals surface area contributed by atoms with Crippen molar-refractivity contribution in [3.63, 3.8) is 0 Å². The molecule has 1 N–H and O–H groups in total. The van der Waals surface area contributed by atoms with Crippen molar-refractivity contribution < 1.29 is 0 Å². The molecule has 2 rings (SSSR count). The van der Waals surface area contributed by atoms with Gasteiger partial charge < -0.3 is 5.32 Å². The van der Waals surface area contributed by atoms with Gasteiger partial charge in [0.2, 0.25) is 0 Å². The Bertz CT molecular complexity index is 486. The van der Waals surface area contributed by atoms with Gasteiger partial charge in [-0.15, -0.1) is 11.3 Å². The average Bonchev–Trinajstić information content (AvgIpc) is 2.64. The molecule has 1 unspecified atom stereocenters. The molecule has 16 heavy (non-hydrogen) atoms. The largest absolute Gasteiger partial charge is 0.355 e. The van der Waals surface area contributed by atoms with E-state index in [9.17, 15) is 0 Å². The maximum atomic E-state index is 5.95. The minimum absolute atomic E-state index is 0.191. The summed E-state index contributed by atoms with van der Waals surface area (Å²) in [7, 11) is 0. The number of aromatic nitrogens is 1. The van der Waals surface area contributed by atoms with Crippen LogP contribution in [0.1, 0.15) is 18.5 Å². The lowest BCUT2D eigenvalue weighted by Gasteiger charge is -2.13. The van der Waals surface area contributed by atoms with E-state index in [0.717, 1.165) is 20.3 Å². The first-order valence-corrected chi connectivity index (χ1v) is 6.83. The van der Waals surface area contributed by atoms with Gasteiger partial charge in [-0.05, 0) is 40.5 Å². The molecule has 0 amide bonds. The third kappa shape index (κ3) is 2.97. The predicted octanol–water partition coefficient (Wildman–Crippen LogP) is 4.73. The van der Waals surface area contributed by atoms with Crippen LogP contribution in [0.2, 0.25) is 5.02 Å². The molecule has 5 heteroatoms. The number of halogens is 2. The van der Waals surface area contributed by atoms with Crippen LogP contribution in [0.4, 0.5) is 5.13 Å². The van der Waals surface area contributed by atoms with Gasteiger partial charge in [0.15, 0.2) is 5.13 Å². The monoisotopic (exact) mass is 316 g/mol. The summed E-state index contributed by atoms with van der Waals surface area (Å²) >= 11 is 10.9. The quantitative estimate of drug-likeness (QED) is 0.885. The molecule has 1 aromatic heterocycles. The first-order chi connectivity index (χ1) is 7.65. The highest BCUT2D eigenvalue weighted by atomic mass is 79.9. The van der Waals surface area contributed by atoms with Gasteiger partial charge in [-0.3, -0.25) is 0 Å². The van der Waals surface area contributed by atoms with Gasteiger partial charge in [-0.1, -0.05) is 23.7 Å². The average molecular weight is 318 g/mol. The topological polar surface area (TPSA) is 24.9 Å². The molecule has 84 valence electrons. The van der Waals surface area contributed by atoms with E-state index < -0.39 is 0 Å². The van der Waals surface area contributed by atoms with Gasteiger partial charge in [0.25, 0.3) is 0 Å². The zero-order valence-electron chi connectivity index (χ0n) is 8.58. The fourth-order valence-electron chi connectivity index (χ4n) is 1.36. The van der Waals surface area contributed by atoms with Crippen molar-refractivity contribution in [3.8, 4) is 0 Å². The highest BCUT2D eigenvalue weighted by Crippen LogP contribution is 2.25. The third-order valence-electron chi connectivity index (χ3n) is 2.16. The van der Waals surface area contributed by atoms with E-state index in [1.807, 2.05) is 29.6 Å². The summed E-state index contributed by atoms with van der Waals surface area (Å²) < 4.78 is 0.860. The molecular weight excluding hydrogens is 308 g/mol. The molecule has 0 fully saturated rings. The maximum absolute atomic E-state index is 5.95. The van der Waals surface area contributed by atoms with E-state index in [0.29, 0.717) is 0 Å². The molecule has 2 nitrogen and oxygen atoms in total. The van der Waals surface area contributed by atoms with Gasteiger partial charge in [0, 0.05) is 10.4 Å². The Balaban J connectivity index is 2.11. The van der Waals surface area contributed by atoms with Crippen molar-refractivity contribution in [2.24, 2.45) is 0 Å². The fourth-order valence-corrected chi connectivity index (χ4v) is 2.80. The van der Waals surface area contributed by atoms with Gasteiger partial charge in [-0.2, -0.15) is 0 Å². The Morgan fingerprint density at radius 2 is 2.31 bits per heavy atom. The molecule has 0 saturated carbocycles. The molecular formula is C11H10BrClN2S. The third-order valence-corrected chi connectivity index (χ3v) is 3.88. The van der Waals surface area contributed by atoms with E-state index in [4.69, 9.17) is 11.6 Å². The molecule has 0 bridgehead atoms. The number of thiazole rings is 1. The summed E-state index contributed by atoms with van der Waals surface area (Å²) in [5.41, 5.74) is 1.15. The summed E-state index contributed by atoms with van der Waals surface area (Å²) in [6.07, 6.45) is 0. The first-order valence-electron chi connectivity index (χ1n) is 4.78. The van der Waals surface area contributed by atoms with E-state index in [2.05, 4.69) is 33.2 Å². The maximum Gasteiger partial charge on any atom is 0.184 e. The Kier molecular flexibility index (Phi) is 3.84. The van der Waals surface area contributed by atoms with E-state index in [1.165, 1.54) is 0 Å². The normalized spacial score (nSPS) is 12.4. The van der Waals surface area contributed by atoms with Crippen molar-refractivity contribution in [2.45, 2.75) is 13.0 Å². The minimum atomic E-state index is 0.191. The van der Waals surface area contributed by atoms with Gasteiger partial charge in [-0.25, -0.2) is 4.98 Å². The summed E-state index contributed by atoms with van der Waals surface area (Å²) in [5, 5.41) is 6.93. The zero-order chi connectivity index (χ0) is 11.5. The molecule has 0 saturated heterocycles. The molecule has 1 aromatic carbocycles. The van der Waals surface area contributed by atoms with E-state index in [1.54, 1.807) is 11.3 Å². The van der Waals surface area contributed by atoms with Crippen LogP contribution in [0, 0.1) is 0 Å². The summed E-state index contributed by atoms with van der Waals surface area (Å²) in [6.45, 7) is 2.08. The fraction of sp³-hybridized carbons (Fsp3) is 0.182. The second kappa shape index (κ2) is 5.17. The molecule has 0 aliphatic carbocycles. The van der Waals surface area contributed by atoms with Crippen molar-refractivity contribution in [2.75, 3.05) is 5.32 Å².